The first kappa shape index (κ1) is 22.0. The van der Waals surface area contributed by atoms with Crippen LogP contribution in [-0.4, -0.2) is 44.6 Å². The molecule has 1 aliphatic rings. The zero-order chi connectivity index (χ0) is 20.6. The van der Waals surface area contributed by atoms with Gasteiger partial charge < -0.3 is 25.8 Å². The maximum Gasteiger partial charge on any atom is 0.167 e. The van der Waals surface area contributed by atoms with Gasteiger partial charge in [-0.2, -0.15) is 0 Å². The quantitative estimate of drug-likeness (QED) is 0.253. The molecule has 0 saturated carbocycles. The highest BCUT2D eigenvalue weighted by Gasteiger charge is 2.29. The van der Waals surface area contributed by atoms with Crippen molar-refractivity contribution in [2.24, 2.45) is 12.8 Å². The number of nitrogens with one attached hydrogen (secondary N) is 1. The Hall–Kier alpha value is -1.70. The van der Waals surface area contributed by atoms with Crippen LogP contribution in [0.2, 0.25) is 0 Å². The lowest BCUT2D eigenvalue weighted by Gasteiger charge is -2.32. The normalized spacial score (nSPS) is 18.7. The monoisotopic (exact) mass is 418 g/mol. The second-order valence-electron chi connectivity index (χ2n) is 7.93. The van der Waals surface area contributed by atoms with Gasteiger partial charge >= 0.3 is 0 Å². The van der Waals surface area contributed by atoms with E-state index < -0.39 is 0 Å². The largest absolute Gasteiger partial charge is 0.504 e. The number of nitrogens with zero attached hydrogens (tertiary/aromatic N) is 2. The van der Waals surface area contributed by atoms with Crippen molar-refractivity contribution in [3.8, 4) is 11.5 Å². The van der Waals surface area contributed by atoms with Gasteiger partial charge in [-0.25, -0.2) is 4.98 Å². The second-order valence-corrected chi connectivity index (χ2v) is 8.99. The summed E-state index contributed by atoms with van der Waals surface area (Å²) in [6.45, 7) is 2.06. The molecule has 0 fully saturated rings. The van der Waals surface area contributed by atoms with Crippen LogP contribution in [0.15, 0.2) is 29.7 Å². The molecule has 3 rings (SSSR count). The smallest absolute Gasteiger partial charge is 0.167 e. The SMILES string of the molecule is Cn1ccnc1SCCNCCCCCCC1c2ccc(O)c(O)c2CCC1N. The molecule has 0 amide bonds. The van der Waals surface area contributed by atoms with E-state index in [9.17, 15) is 10.2 Å². The molecule has 0 spiro atoms. The summed E-state index contributed by atoms with van der Waals surface area (Å²) in [5, 5.41) is 24.5. The number of aromatic nitrogens is 2. The van der Waals surface area contributed by atoms with Crippen LogP contribution < -0.4 is 11.1 Å². The molecule has 0 bridgehead atoms. The molecule has 7 heteroatoms. The van der Waals surface area contributed by atoms with Crippen LogP contribution in [0.1, 0.15) is 55.6 Å². The van der Waals surface area contributed by atoms with E-state index in [2.05, 4.69) is 10.3 Å². The third kappa shape index (κ3) is 5.90. The number of hydrogen-bond acceptors (Lipinski definition) is 6. The number of fused-ring (bicyclic) bond motifs is 1. The molecular formula is C22H34N4O2S. The fourth-order valence-corrected chi connectivity index (χ4v) is 4.99. The average Bonchev–Trinajstić information content (AvgIpc) is 3.12. The fourth-order valence-electron chi connectivity index (χ4n) is 4.16. The molecule has 0 radical (unpaired) electrons. The van der Waals surface area contributed by atoms with Crippen molar-refractivity contribution in [2.75, 3.05) is 18.8 Å². The topological polar surface area (TPSA) is 96.3 Å². The zero-order valence-corrected chi connectivity index (χ0v) is 18.1. The highest BCUT2D eigenvalue weighted by Crippen LogP contribution is 2.42. The number of benzene rings is 1. The van der Waals surface area contributed by atoms with Crippen molar-refractivity contribution in [1.29, 1.82) is 0 Å². The molecule has 2 atom stereocenters. The van der Waals surface area contributed by atoms with E-state index in [1.807, 2.05) is 30.1 Å². The summed E-state index contributed by atoms with van der Waals surface area (Å²) in [5.74, 6) is 1.34. The molecule has 1 heterocycles. The maximum absolute atomic E-state index is 10.1. The molecule has 160 valence electrons. The van der Waals surface area contributed by atoms with Crippen molar-refractivity contribution < 1.29 is 10.2 Å². The van der Waals surface area contributed by atoms with Crippen molar-refractivity contribution in [1.82, 2.24) is 14.9 Å². The average molecular weight is 419 g/mol. The number of phenolic OH excluding ortho intramolecular Hbond substituents is 2. The van der Waals surface area contributed by atoms with Crippen molar-refractivity contribution >= 4 is 11.8 Å². The van der Waals surface area contributed by atoms with Crippen LogP contribution in [0.5, 0.6) is 11.5 Å². The van der Waals surface area contributed by atoms with Gasteiger partial charge in [0.2, 0.25) is 0 Å². The van der Waals surface area contributed by atoms with E-state index in [0.29, 0.717) is 0 Å². The molecule has 6 nitrogen and oxygen atoms in total. The Kier molecular flexibility index (Phi) is 8.27. The molecule has 1 aliphatic carbocycles. The highest BCUT2D eigenvalue weighted by atomic mass is 32.2. The van der Waals surface area contributed by atoms with Crippen LogP contribution >= 0.6 is 11.8 Å². The number of hydrogen-bond donors (Lipinski definition) is 4. The summed E-state index contributed by atoms with van der Waals surface area (Å²) in [7, 11) is 2.02. The summed E-state index contributed by atoms with van der Waals surface area (Å²) in [6.07, 6.45) is 11.2. The number of rotatable bonds is 11. The molecule has 1 aromatic carbocycles. The van der Waals surface area contributed by atoms with Crippen LogP contribution in [0.25, 0.3) is 0 Å². The van der Waals surface area contributed by atoms with E-state index in [4.69, 9.17) is 5.73 Å². The summed E-state index contributed by atoms with van der Waals surface area (Å²) in [4.78, 5) is 4.31. The Balaban J connectivity index is 1.28. The third-order valence-corrected chi connectivity index (χ3v) is 6.91. The van der Waals surface area contributed by atoms with Gasteiger partial charge in [0.25, 0.3) is 0 Å². The molecule has 2 unspecified atom stereocenters. The lowest BCUT2D eigenvalue weighted by molar-refractivity contribution is 0.380. The number of nitrogens with two attached hydrogens (primary N) is 1. The fraction of sp³-hybridized carbons (Fsp3) is 0.591. The number of phenols is 2. The Morgan fingerprint density at radius 3 is 2.83 bits per heavy atom. The number of thioether (sulfide) groups is 1. The predicted octanol–water partition coefficient (Wildman–Crippen LogP) is 3.52. The maximum atomic E-state index is 10.1. The minimum atomic E-state index is -0.0243. The van der Waals surface area contributed by atoms with Crippen molar-refractivity contribution in [3.05, 3.63) is 35.7 Å². The van der Waals surface area contributed by atoms with Gasteiger partial charge in [0.05, 0.1) is 0 Å². The van der Waals surface area contributed by atoms with Gasteiger partial charge in [-0.15, -0.1) is 0 Å². The van der Waals surface area contributed by atoms with Gasteiger partial charge in [0, 0.05) is 43.3 Å². The van der Waals surface area contributed by atoms with Crippen LogP contribution in [0.4, 0.5) is 0 Å². The Bertz CT molecular complexity index is 780. The molecule has 29 heavy (non-hydrogen) atoms. The van der Waals surface area contributed by atoms with Crippen LogP contribution in [0, 0.1) is 0 Å². The van der Waals surface area contributed by atoms with Gasteiger partial charge in [0.1, 0.15) is 0 Å². The number of aromatic hydroxyl groups is 2. The molecule has 1 aromatic heterocycles. The van der Waals surface area contributed by atoms with E-state index in [0.717, 1.165) is 60.8 Å². The molecule has 0 saturated heterocycles. The Morgan fingerprint density at radius 2 is 2.03 bits per heavy atom. The molecule has 5 N–H and O–H groups in total. The first-order valence-electron chi connectivity index (χ1n) is 10.7. The number of aryl methyl sites for hydroxylation is 1. The Morgan fingerprint density at radius 1 is 1.21 bits per heavy atom. The number of imidazole rings is 1. The lowest BCUT2D eigenvalue weighted by Crippen LogP contribution is -2.33. The first-order valence-corrected chi connectivity index (χ1v) is 11.7. The van der Waals surface area contributed by atoms with Crippen LogP contribution in [-0.2, 0) is 13.5 Å². The standard InChI is InChI=1S/C22H34N4O2S/c1-26-14-12-25-22(26)29-15-13-24-11-5-3-2-4-6-17-16-8-10-20(27)21(28)18(16)7-9-19(17)23/h8,10,12,14,17,19,24,27-28H,2-7,9,11,13,15,23H2,1H3. The van der Waals surface area contributed by atoms with E-state index in [1.54, 1.807) is 17.8 Å². The van der Waals surface area contributed by atoms with Crippen molar-refractivity contribution in [3.63, 3.8) is 0 Å². The van der Waals surface area contributed by atoms with E-state index >= 15 is 0 Å². The van der Waals surface area contributed by atoms with E-state index in [-0.39, 0.29) is 23.5 Å². The predicted molar refractivity (Wildman–Crippen MR) is 119 cm³/mol. The molecule has 2 aromatic rings. The first-order chi connectivity index (χ1) is 14.1. The van der Waals surface area contributed by atoms with Gasteiger partial charge in [0.15, 0.2) is 16.7 Å². The Labute approximate surface area is 177 Å². The minimum absolute atomic E-state index is 0.0243. The van der Waals surface area contributed by atoms with Crippen molar-refractivity contribution in [2.45, 2.75) is 62.1 Å². The summed E-state index contributed by atoms with van der Waals surface area (Å²) >= 11 is 1.78. The third-order valence-electron chi connectivity index (χ3n) is 5.85. The zero-order valence-electron chi connectivity index (χ0n) is 17.3. The number of unbranched alkanes of at least 4 members (excludes halogenated alkanes) is 3. The highest BCUT2D eigenvalue weighted by molar-refractivity contribution is 7.99. The van der Waals surface area contributed by atoms with Crippen LogP contribution in [0.3, 0.4) is 0 Å². The molecular weight excluding hydrogens is 384 g/mol. The minimum Gasteiger partial charge on any atom is -0.504 e. The van der Waals surface area contributed by atoms with E-state index in [1.165, 1.54) is 19.3 Å². The summed E-state index contributed by atoms with van der Waals surface area (Å²) in [5.41, 5.74) is 8.40. The van der Waals surface area contributed by atoms with Gasteiger partial charge in [-0.3, -0.25) is 0 Å². The van der Waals surface area contributed by atoms with Gasteiger partial charge in [-0.1, -0.05) is 37.1 Å². The summed E-state index contributed by atoms with van der Waals surface area (Å²) in [6, 6.07) is 3.68. The molecule has 0 aliphatic heterocycles. The lowest BCUT2D eigenvalue weighted by atomic mass is 9.76. The second kappa shape index (κ2) is 10.9. The van der Waals surface area contributed by atoms with Gasteiger partial charge in [-0.05, 0) is 49.8 Å². The summed E-state index contributed by atoms with van der Waals surface area (Å²) < 4.78 is 2.05.